The predicted octanol–water partition coefficient (Wildman–Crippen LogP) is 2.84. The standard InChI is InChI=1S/C19H20N2O6S/c1-4-27-15(22)10-14(28-12-8-6-5-7-9-12)17-20-11-13(18(23)25-2)16(21-17)19(24)26-3/h5-9,11,14H,4,10H2,1-3H3. The van der Waals surface area contributed by atoms with Crippen LogP contribution in [0.3, 0.4) is 0 Å². The minimum Gasteiger partial charge on any atom is -0.466 e. The van der Waals surface area contributed by atoms with Gasteiger partial charge in [-0.25, -0.2) is 19.6 Å². The highest BCUT2D eigenvalue weighted by atomic mass is 32.2. The Hall–Kier alpha value is -2.94. The van der Waals surface area contributed by atoms with Crippen molar-refractivity contribution >= 4 is 29.7 Å². The zero-order chi connectivity index (χ0) is 20.5. The summed E-state index contributed by atoms with van der Waals surface area (Å²) in [4.78, 5) is 45.3. The Kier molecular flexibility index (Phi) is 7.94. The Morgan fingerprint density at radius 2 is 1.75 bits per heavy atom. The summed E-state index contributed by atoms with van der Waals surface area (Å²) in [5.41, 5.74) is -0.334. The third kappa shape index (κ3) is 5.53. The van der Waals surface area contributed by atoms with E-state index in [1.54, 1.807) is 6.92 Å². The van der Waals surface area contributed by atoms with E-state index in [-0.39, 0.29) is 30.1 Å². The number of thioether (sulfide) groups is 1. The van der Waals surface area contributed by atoms with Crippen molar-refractivity contribution in [1.29, 1.82) is 0 Å². The van der Waals surface area contributed by atoms with Gasteiger partial charge >= 0.3 is 17.9 Å². The second kappa shape index (κ2) is 10.4. The Morgan fingerprint density at radius 3 is 2.36 bits per heavy atom. The van der Waals surface area contributed by atoms with E-state index < -0.39 is 23.2 Å². The fourth-order valence-corrected chi connectivity index (χ4v) is 3.36. The van der Waals surface area contributed by atoms with E-state index in [4.69, 9.17) is 9.47 Å². The van der Waals surface area contributed by atoms with Gasteiger partial charge in [0.05, 0.1) is 32.5 Å². The van der Waals surface area contributed by atoms with E-state index in [1.165, 1.54) is 32.2 Å². The second-order valence-corrected chi connectivity index (χ2v) is 6.68. The fourth-order valence-electron chi connectivity index (χ4n) is 2.28. The molecule has 0 fully saturated rings. The van der Waals surface area contributed by atoms with Crippen molar-refractivity contribution in [2.24, 2.45) is 0 Å². The summed E-state index contributed by atoms with van der Waals surface area (Å²) in [6.45, 7) is 1.96. The molecule has 2 aromatic rings. The van der Waals surface area contributed by atoms with Crippen molar-refractivity contribution in [1.82, 2.24) is 9.97 Å². The maximum atomic E-state index is 12.1. The molecule has 0 aliphatic rings. The monoisotopic (exact) mass is 404 g/mol. The van der Waals surface area contributed by atoms with Gasteiger partial charge in [0.2, 0.25) is 0 Å². The number of aromatic nitrogens is 2. The molecule has 0 aliphatic heterocycles. The van der Waals surface area contributed by atoms with Gasteiger partial charge in [-0.3, -0.25) is 4.79 Å². The van der Waals surface area contributed by atoms with Crippen LogP contribution in [0.1, 0.15) is 45.3 Å². The predicted molar refractivity (Wildman–Crippen MR) is 101 cm³/mol. The second-order valence-electron chi connectivity index (χ2n) is 5.40. The van der Waals surface area contributed by atoms with Crippen LogP contribution in [-0.2, 0) is 19.0 Å². The van der Waals surface area contributed by atoms with Gasteiger partial charge in [0.15, 0.2) is 5.69 Å². The van der Waals surface area contributed by atoms with Crippen molar-refractivity contribution in [2.75, 3.05) is 20.8 Å². The Morgan fingerprint density at radius 1 is 1.07 bits per heavy atom. The number of hydrogen-bond acceptors (Lipinski definition) is 9. The first kappa shape index (κ1) is 21.4. The number of hydrogen-bond donors (Lipinski definition) is 0. The Bertz CT molecular complexity index is 844. The number of ether oxygens (including phenoxy) is 3. The molecule has 0 saturated heterocycles. The molecule has 1 aromatic heterocycles. The van der Waals surface area contributed by atoms with Crippen LogP contribution in [0.5, 0.6) is 0 Å². The lowest BCUT2D eigenvalue weighted by Crippen LogP contribution is -2.18. The molecule has 1 aromatic carbocycles. The average Bonchev–Trinajstić information content (AvgIpc) is 2.72. The molecule has 9 heteroatoms. The van der Waals surface area contributed by atoms with Crippen LogP contribution in [0.25, 0.3) is 0 Å². The number of carbonyl (C=O) groups is 3. The van der Waals surface area contributed by atoms with E-state index in [0.717, 1.165) is 4.90 Å². The van der Waals surface area contributed by atoms with Crippen molar-refractivity contribution in [3.63, 3.8) is 0 Å². The average molecular weight is 404 g/mol. The van der Waals surface area contributed by atoms with Gasteiger partial charge in [-0.15, -0.1) is 11.8 Å². The molecular formula is C19H20N2O6S. The molecule has 0 spiro atoms. The summed E-state index contributed by atoms with van der Waals surface area (Å²) in [6, 6.07) is 9.37. The molecule has 148 valence electrons. The van der Waals surface area contributed by atoms with Gasteiger partial charge < -0.3 is 14.2 Å². The number of benzene rings is 1. The third-order valence-electron chi connectivity index (χ3n) is 3.56. The minimum atomic E-state index is -0.802. The van der Waals surface area contributed by atoms with Crippen LogP contribution in [0.2, 0.25) is 0 Å². The number of esters is 3. The smallest absolute Gasteiger partial charge is 0.357 e. The lowest BCUT2D eigenvalue weighted by atomic mass is 10.2. The molecular weight excluding hydrogens is 384 g/mol. The van der Waals surface area contributed by atoms with Gasteiger partial charge in [0, 0.05) is 11.1 Å². The molecule has 2 rings (SSSR count). The molecule has 0 saturated carbocycles. The van der Waals surface area contributed by atoms with Gasteiger partial charge in [-0.1, -0.05) is 18.2 Å². The van der Waals surface area contributed by atoms with Crippen LogP contribution in [0.4, 0.5) is 0 Å². The SMILES string of the molecule is CCOC(=O)CC(Sc1ccccc1)c1ncc(C(=O)OC)c(C(=O)OC)n1. The highest BCUT2D eigenvalue weighted by Crippen LogP contribution is 2.36. The molecule has 0 radical (unpaired) electrons. The number of carbonyl (C=O) groups excluding carboxylic acids is 3. The number of nitrogens with zero attached hydrogens (tertiary/aromatic N) is 2. The molecule has 0 bridgehead atoms. The molecule has 28 heavy (non-hydrogen) atoms. The Balaban J connectivity index is 2.44. The van der Waals surface area contributed by atoms with E-state index >= 15 is 0 Å². The fraction of sp³-hybridized carbons (Fsp3) is 0.316. The van der Waals surface area contributed by atoms with Crippen molar-refractivity contribution < 1.29 is 28.6 Å². The highest BCUT2D eigenvalue weighted by molar-refractivity contribution is 7.99. The first-order valence-electron chi connectivity index (χ1n) is 8.41. The van der Waals surface area contributed by atoms with Gasteiger partial charge in [0.25, 0.3) is 0 Å². The minimum absolute atomic E-state index is 0.00835. The van der Waals surface area contributed by atoms with Crippen LogP contribution < -0.4 is 0 Å². The van der Waals surface area contributed by atoms with Crippen molar-refractivity contribution in [2.45, 2.75) is 23.5 Å². The first-order chi connectivity index (χ1) is 13.5. The quantitative estimate of drug-likeness (QED) is 0.373. The molecule has 0 N–H and O–H groups in total. The van der Waals surface area contributed by atoms with Crippen molar-refractivity contribution in [3.8, 4) is 0 Å². The normalized spacial score (nSPS) is 11.4. The van der Waals surface area contributed by atoms with Crippen LogP contribution in [0.15, 0.2) is 41.4 Å². The molecule has 1 unspecified atom stereocenters. The maximum absolute atomic E-state index is 12.1. The zero-order valence-corrected chi connectivity index (χ0v) is 16.5. The Labute approximate surface area is 166 Å². The summed E-state index contributed by atoms with van der Waals surface area (Å²) in [5.74, 6) is -1.78. The summed E-state index contributed by atoms with van der Waals surface area (Å²) in [5, 5.41) is -0.531. The summed E-state index contributed by atoms with van der Waals surface area (Å²) in [6.07, 6.45) is 1.19. The molecule has 0 aliphatic carbocycles. The number of methoxy groups -OCH3 is 2. The van der Waals surface area contributed by atoms with Crippen LogP contribution in [0, 0.1) is 0 Å². The summed E-state index contributed by atoms with van der Waals surface area (Å²) < 4.78 is 14.4. The molecule has 0 amide bonds. The van der Waals surface area contributed by atoms with Crippen LogP contribution >= 0.6 is 11.8 Å². The van der Waals surface area contributed by atoms with Gasteiger partial charge in [-0.2, -0.15) is 0 Å². The molecule has 1 heterocycles. The van der Waals surface area contributed by atoms with E-state index in [1.807, 2.05) is 30.3 Å². The van der Waals surface area contributed by atoms with E-state index in [2.05, 4.69) is 14.7 Å². The zero-order valence-electron chi connectivity index (χ0n) is 15.7. The molecule has 8 nitrogen and oxygen atoms in total. The first-order valence-corrected chi connectivity index (χ1v) is 9.29. The number of rotatable bonds is 8. The van der Waals surface area contributed by atoms with E-state index in [9.17, 15) is 14.4 Å². The van der Waals surface area contributed by atoms with Crippen molar-refractivity contribution in [3.05, 3.63) is 53.6 Å². The van der Waals surface area contributed by atoms with Gasteiger partial charge in [-0.05, 0) is 19.1 Å². The highest BCUT2D eigenvalue weighted by Gasteiger charge is 2.27. The lowest BCUT2D eigenvalue weighted by Gasteiger charge is -2.16. The largest absolute Gasteiger partial charge is 0.466 e. The summed E-state index contributed by atoms with van der Waals surface area (Å²) >= 11 is 1.35. The topological polar surface area (TPSA) is 105 Å². The lowest BCUT2D eigenvalue weighted by molar-refractivity contribution is -0.143. The maximum Gasteiger partial charge on any atom is 0.357 e. The van der Waals surface area contributed by atoms with Crippen LogP contribution in [-0.4, -0.2) is 48.7 Å². The van der Waals surface area contributed by atoms with E-state index in [0.29, 0.717) is 0 Å². The summed E-state index contributed by atoms with van der Waals surface area (Å²) in [7, 11) is 2.37. The third-order valence-corrected chi connectivity index (χ3v) is 4.76. The van der Waals surface area contributed by atoms with Gasteiger partial charge in [0.1, 0.15) is 11.4 Å². The molecule has 1 atom stereocenters.